The van der Waals surface area contributed by atoms with Crippen molar-refractivity contribution in [2.45, 2.75) is 6.92 Å². The van der Waals surface area contributed by atoms with Gasteiger partial charge in [0.25, 0.3) is 0 Å². The SMILES string of the molecule is Cc1cccc2cc(-c3ccc4[nH]ncc4n3)sc12. The molecule has 0 saturated carbocycles. The molecule has 3 heterocycles. The molecular formula is C15H11N3S. The van der Waals surface area contributed by atoms with Crippen LogP contribution < -0.4 is 0 Å². The van der Waals surface area contributed by atoms with Crippen LogP contribution in [0.2, 0.25) is 0 Å². The molecule has 4 heteroatoms. The molecule has 0 amide bonds. The molecule has 0 bridgehead atoms. The first kappa shape index (κ1) is 10.7. The van der Waals surface area contributed by atoms with Gasteiger partial charge >= 0.3 is 0 Å². The van der Waals surface area contributed by atoms with Crippen LogP contribution in [0.3, 0.4) is 0 Å². The van der Waals surface area contributed by atoms with Crippen LogP contribution in [0.5, 0.6) is 0 Å². The van der Waals surface area contributed by atoms with Crippen LogP contribution in [-0.4, -0.2) is 15.2 Å². The average molecular weight is 265 g/mol. The molecule has 1 aromatic carbocycles. The number of rotatable bonds is 1. The summed E-state index contributed by atoms with van der Waals surface area (Å²) in [6.07, 6.45) is 1.76. The van der Waals surface area contributed by atoms with Gasteiger partial charge in [0.1, 0.15) is 5.52 Å². The fourth-order valence-electron chi connectivity index (χ4n) is 2.30. The summed E-state index contributed by atoms with van der Waals surface area (Å²) < 4.78 is 1.34. The summed E-state index contributed by atoms with van der Waals surface area (Å²) in [7, 11) is 0. The molecule has 0 aliphatic carbocycles. The number of hydrogen-bond acceptors (Lipinski definition) is 3. The molecular weight excluding hydrogens is 254 g/mol. The molecule has 0 radical (unpaired) electrons. The Balaban J connectivity index is 1.95. The highest BCUT2D eigenvalue weighted by atomic mass is 32.1. The van der Waals surface area contributed by atoms with E-state index in [1.807, 2.05) is 12.1 Å². The first-order chi connectivity index (χ1) is 9.31. The van der Waals surface area contributed by atoms with Crippen molar-refractivity contribution < 1.29 is 0 Å². The minimum atomic E-state index is 0.909. The van der Waals surface area contributed by atoms with Gasteiger partial charge in [0.05, 0.1) is 22.3 Å². The highest BCUT2D eigenvalue weighted by Crippen LogP contribution is 2.34. The van der Waals surface area contributed by atoms with E-state index in [9.17, 15) is 0 Å². The lowest BCUT2D eigenvalue weighted by atomic mass is 10.2. The number of pyridine rings is 1. The number of nitrogens with zero attached hydrogens (tertiary/aromatic N) is 2. The van der Waals surface area contributed by atoms with Gasteiger partial charge in [-0.3, -0.25) is 5.10 Å². The molecule has 1 N–H and O–H groups in total. The van der Waals surface area contributed by atoms with E-state index >= 15 is 0 Å². The van der Waals surface area contributed by atoms with Crippen molar-refractivity contribution in [3.05, 3.63) is 48.2 Å². The maximum Gasteiger partial charge on any atom is 0.109 e. The van der Waals surface area contributed by atoms with Crippen LogP contribution >= 0.6 is 11.3 Å². The maximum atomic E-state index is 4.65. The fraction of sp³-hybridized carbons (Fsp3) is 0.0667. The fourth-order valence-corrected chi connectivity index (χ4v) is 3.40. The number of aromatic amines is 1. The molecule has 0 aliphatic heterocycles. The van der Waals surface area contributed by atoms with Crippen molar-refractivity contribution in [3.63, 3.8) is 0 Å². The summed E-state index contributed by atoms with van der Waals surface area (Å²) >= 11 is 1.80. The topological polar surface area (TPSA) is 41.6 Å². The van der Waals surface area contributed by atoms with Crippen LogP contribution in [0.1, 0.15) is 5.56 Å². The number of hydrogen-bond donors (Lipinski definition) is 1. The van der Waals surface area contributed by atoms with Gasteiger partial charge in [-0.2, -0.15) is 5.10 Å². The number of fused-ring (bicyclic) bond motifs is 2. The van der Waals surface area contributed by atoms with Gasteiger partial charge in [0.15, 0.2) is 0 Å². The Kier molecular flexibility index (Phi) is 2.19. The third kappa shape index (κ3) is 1.64. The third-order valence-electron chi connectivity index (χ3n) is 3.29. The average Bonchev–Trinajstić information content (AvgIpc) is 3.04. The van der Waals surface area contributed by atoms with Crippen LogP contribution in [0.15, 0.2) is 42.6 Å². The second kappa shape index (κ2) is 3.90. The highest BCUT2D eigenvalue weighted by Gasteiger charge is 2.08. The zero-order chi connectivity index (χ0) is 12.8. The Hall–Kier alpha value is -2.20. The Morgan fingerprint density at radius 2 is 2.11 bits per heavy atom. The summed E-state index contributed by atoms with van der Waals surface area (Å²) in [5.41, 5.74) is 4.21. The molecule has 0 unspecified atom stereocenters. The van der Waals surface area contributed by atoms with E-state index in [0.717, 1.165) is 16.7 Å². The number of aryl methyl sites for hydroxylation is 1. The van der Waals surface area contributed by atoms with Gasteiger partial charge < -0.3 is 0 Å². The van der Waals surface area contributed by atoms with Crippen molar-refractivity contribution in [2.75, 3.05) is 0 Å². The number of benzene rings is 1. The van der Waals surface area contributed by atoms with E-state index in [1.165, 1.54) is 20.5 Å². The van der Waals surface area contributed by atoms with Crippen LogP contribution in [0.25, 0.3) is 31.7 Å². The molecule has 3 aromatic heterocycles. The minimum absolute atomic E-state index is 0.909. The lowest BCUT2D eigenvalue weighted by molar-refractivity contribution is 1.12. The van der Waals surface area contributed by atoms with Gasteiger partial charge in [-0.1, -0.05) is 18.2 Å². The highest BCUT2D eigenvalue weighted by molar-refractivity contribution is 7.22. The molecule has 4 rings (SSSR count). The first-order valence-electron chi connectivity index (χ1n) is 6.11. The van der Waals surface area contributed by atoms with Crippen molar-refractivity contribution in [1.82, 2.24) is 15.2 Å². The Labute approximate surface area is 113 Å². The molecule has 92 valence electrons. The second-order valence-corrected chi connectivity index (χ2v) is 5.66. The Bertz CT molecular complexity index is 889. The lowest BCUT2D eigenvalue weighted by Gasteiger charge is -1.95. The molecule has 3 nitrogen and oxygen atoms in total. The van der Waals surface area contributed by atoms with Gasteiger partial charge in [0, 0.05) is 4.70 Å². The van der Waals surface area contributed by atoms with E-state index in [1.54, 1.807) is 17.5 Å². The number of H-pyrrole nitrogens is 1. The zero-order valence-corrected chi connectivity index (χ0v) is 11.2. The van der Waals surface area contributed by atoms with Crippen molar-refractivity contribution in [1.29, 1.82) is 0 Å². The third-order valence-corrected chi connectivity index (χ3v) is 4.60. The lowest BCUT2D eigenvalue weighted by Crippen LogP contribution is -1.79. The molecule has 0 saturated heterocycles. The molecule has 0 atom stereocenters. The monoisotopic (exact) mass is 265 g/mol. The predicted octanol–water partition coefficient (Wildman–Crippen LogP) is 4.15. The molecule has 19 heavy (non-hydrogen) atoms. The standard InChI is InChI=1S/C15H11N3S/c1-9-3-2-4-10-7-14(19-15(9)10)12-6-5-11-13(17-12)8-16-18-11/h2-8H,1H3,(H,16,18). The number of nitrogens with one attached hydrogen (secondary N) is 1. The Morgan fingerprint density at radius 1 is 1.16 bits per heavy atom. The largest absolute Gasteiger partial charge is 0.276 e. The predicted molar refractivity (Wildman–Crippen MR) is 79.4 cm³/mol. The summed E-state index contributed by atoms with van der Waals surface area (Å²) in [6, 6.07) is 12.7. The van der Waals surface area contributed by atoms with Gasteiger partial charge in [-0.25, -0.2) is 4.98 Å². The summed E-state index contributed by atoms with van der Waals surface area (Å²) in [6.45, 7) is 2.15. The molecule has 0 fully saturated rings. The maximum absolute atomic E-state index is 4.65. The second-order valence-electron chi connectivity index (χ2n) is 4.60. The van der Waals surface area contributed by atoms with Crippen molar-refractivity contribution in [3.8, 4) is 10.6 Å². The minimum Gasteiger partial charge on any atom is -0.276 e. The first-order valence-corrected chi connectivity index (χ1v) is 6.92. The van der Waals surface area contributed by atoms with Crippen molar-refractivity contribution in [2.24, 2.45) is 0 Å². The number of aromatic nitrogens is 3. The van der Waals surface area contributed by atoms with Crippen LogP contribution in [0, 0.1) is 6.92 Å². The van der Waals surface area contributed by atoms with E-state index in [2.05, 4.69) is 46.4 Å². The Morgan fingerprint density at radius 3 is 3.00 bits per heavy atom. The van der Waals surface area contributed by atoms with Crippen LogP contribution in [-0.2, 0) is 0 Å². The van der Waals surface area contributed by atoms with E-state index in [-0.39, 0.29) is 0 Å². The quantitative estimate of drug-likeness (QED) is 0.561. The van der Waals surface area contributed by atoms with Crippen molar-refractivity contribution >= 4 is 32.5 Å². The summed E-state index contributed by atoms with van der Waals surface area (Å²) in [5.74, 6) is 0. The smallest absolute Gasteiger partial charge is 0.109 e. The molecule has 0 spiro atoms. The van der Waals surface area contributed by atoms with E-state index in [0.29, 0.717) is 0 Å². The van der Waals surface area contributed by atoms with E-state index in [4.69, 9.17) is 0 Å². The van der Waals surface area contributed by atoms with Gasteiger partial charge in [-0.05, 0) is 36.1 Å². The molecule has 0 aliphatic rings. The van der Waals surface area contributed by atoms with Gasteiger partial charge in [-0.15, -0.1) is 11.3 Å². The van der Waals surface area contributed by atoms with Gasteiger partial charge in [0.2, 0.25) is 0 Å². The number of thiophene rings is 1. The van der Waals surface area contributed by atoms with E-state index < -0.39 is 0 Å². The molecule has 4 aromatic rings. The zero-order valence-electron chi connectivity index (χ0n) is 10.3. The summed E-state index contributed by atoms with van der Waals surface area (Å²) in [4.78, 5) is 5.85. The normalized spacial score (nSPS) is 11.4. The van der Waals surface area contributed by atoms with Crippen LogP contribution in [0.4, 0.5) is 0 Å². The summed E-state index contributed by atoms with van der Waals surface area (Å²) in [5, 5.41) is 8.22.